The van der Waals surface area contributed by atoms with Crippen LogP contribution in [0.15, 0.2) is 30.3 Å². The highest BCUT2D eigenvalue weighted by molar-refractivity contribution is 6.74. The van der Waals surface area contributed by atoms with Crippen LogP contribution in [0.1, 0.15) is 48.0 Å². The predicted molar refractivity (Wildman–Crippen MR) is 116 cm³/mol. The van der Waals surface area contributed by atoms with Crippen molar-refractivity contribution in [2.45, 2.75) is 57.5 Å². The Morgan fingerprint density at radius 1 is 1.31 bits per heavy atom. The van der Waals surface area contributed by atoms with Crippen molar-refractivity contribution in [1.82, 2.24) is 10.3 Å². The number of hydrogen-bond acceptors (Lipinski definition) is 5. The highest BCUT2D eigenvalue weighted by Gasteiger charge is 2.42. The largest absolute Gasteiger partial charge is 0.409 e. The number of carbonyl (C=O) groups excluding carboxylic acids is 2. The molecule has 2 heterocycles. The summed E-state index contributed by atoms with van der Waals surface area (Å²) in [6, 6.07) is 8.72. The first-order valence-electron chi connectivity index (χ1n) is 10.0. The first kappa shape index (κ1) is 21.6. The molecule has 1 aromatic carbocycles. The fourth-order valence-corrected chi connectivity index (χ4v) is 4.55. The maximum atomic E-state index is 13.0. The second-order valence-electron chi connectivity index (χ2n) is 9.09. The molecule has 0 aliphatic carbocycles. The highest BCUT2D eigenvalue weighted by atomic mass is 28.4. The smallest absolute Gasteiger partial charge is 0.270 e. The van der Waals surface area contributed by atoms with E-state index >= 15 is 0 Å². The van der Waals surface area contributed by atoms with Crippen molar-refractivity contribution in [3.05, 3.63) is 41.6 Å². The molecule has 1 saturated heterocycles. The van der Waals surface area contributed by atoms with E-state index in [1.807, 2.05) is 18.2 Å². The lowest BCUT2D eigenvalue weighted by Gasteiger charge is -2.42. The lowest BCUT2D eigenvalue weighted by atomic mass is 10.1. The van der Waals surface area contributed by atoms with Gasteiger partial charge in [-0.05, 0) is 36.7 Å². The van der Waals surface area contributed by atoms with Gasteiger partial charge in [-0.3, -0.25) is 9.59 Å². The summed E-state index contributed by atoms with van der Waals surface area (Å²) in [5.41, 5.74) is 1.33. The molecule has 1 aromatic heterocycles. The third-order valence-corrected chi connectivity index (χ3v) is 10.5. The van der Waals surface area contributed by atoms with Gasteiger partial charge in [0, 0.05) is 17.6 Å². The number of ether oxygens (including phenoxy) is 1. The Kier molecular flexibility index (Phi) is 6.21. The molecule has 156 valence electrons. The van der Waals surface area contributed by atoms with Gasteiger partial charge in [0.05, 0.1) is 24.3 Å². The van der Waals surface area contributed by atoms with Crippen molar-refractivity contribution >= 4 is 31.4 Å². The zero-order valence-electron chi connectivity index (χ0n) is 17.8. The molecule has 0 spiro atoms. The van der Waals surface area contributed by atoms with Gasteiger partial charge in [0.15, 0.2) is 14.6 Å². The molecular weight excluding hydrogens is 384 g/mol. The molecule has 0 radical (unpaired) electrons. The number of aromatic nitrogens is 1. The fourth-order valence-electron chi connectivity index (χ4n) is 3.21. The van der Waals surface area contributed by atoms with E-state index in [4.69, 9.17) is 9.16 Å². The van der Waals surface area contributed by atoms with Crippen LogP contribution in [0.5, 0.6) is 0 Å². The van der Waals surface area contributed by atoms with Gasteiger partial charge >= 0.3 is 0 Å². The van der Waals surface area contributed by atoms with Crippen molar-refractivity contribution in [3.63, 3.8) is 0 Å². The number of hydrogen-bond donors (Lipinski definition) is 1. The molecule has 29 heavy (non-hydrogen) atoms. The van der Waals surface area contributed by atoms with Gasteiger partial charge in [-0.25, -0.2) is 4.98 Å². The maximum Gasteiger partial charge on any atom is 0.270 e. The number of aldehydes is 1. The molecule has 0 saturated carbocycles. The van der Waals surface area contributed by atoms with Crippen LogP contribution in [-0.4, -0.2) is 50.9 Å². The lowest BCUT2D eigenvalue weighted by molar-refractivity contribution is -0.0196. The number of nitrogens with one attached hydrogen (secondary N) is 1. The van der Waals surface area contributed by atoms with E-state index in [0.29, 0.717) is 30.7 Å². The van der Waals surface area contributed by atoms with Crippen molar-refractivity contribution in [3.8, 4) is 0 Å². The number of amides is 1. The summed E-state index contributed by atoms with van der Waals surface area (Å²) in [6.07, 6.45) is 1.25. The Morgan fingerprint density at radius 2 is 2.03 bits per heavy atom. The molecule has 2 atom stereocenters. The van der Waals surface area contributed by atoms with Crippen LogP contribution < -0.4 is 5.32 Å². The summed E-state index contributed by atoms with van der Waals surface area (Å²) in [7, 11) is -2.01. The van der Waals surface area contributed by atoms with Crippen LogP contribution >= 0.6 is 0 Å². The number of nitrogens with zero attached hydrogens (tertiary/aromatic N) is 1. The summed E-state index contributed by atoms with van der Waals surface area (Å²) < 4.78 is 12.2. The highest BCUT2D eigenvalue weighted by Crippen LogP contribution is 2.38. The zero-order chi connectivity index (χ0) is 21.2. The van der Waals surface area contributed by atoms with Gasteiger partial charge in [-0.1, -0.05) is 39.0 Å². The van der Waals surface area contributed by atoms with Gasteiger partial charge < -0.3 is 14.5 Å². The Labute approximate surface area is 173 Å². The molecule has 1 fully saturated rings. The predicted octanol–water partition coefficient (Wildman–Crippen LogP) is 3.96. The van der Waals surface area contributed by atoms with Crippen LogP contribution in [0, 0.1) is 0 Å². The van der Waals surface area contributed by atoms with Crippen molar-refractivity contribution in [1.29, 1.82) is 0 Å². The molecule has 1 aliphatic heterocycles. The minimum absolute atomic E-state index is 0.0672. The van der Waals surface area contributed by atoms with Gasteiger partial charge in [-0.15, -0.1) is 0 Å². The minimum atomic E-state index is -2.01. The van der Waals surface area contributed by atoms with E-state index < -0.39 is 8.32 Å². The number of para-hydroxylation sites is 1. The van der Waals surface area contributed by atoms with E-state index in [2.05, 4.69) is 44.2 Å². The van der Waals surface area contributed by atoms with Crippen LogP contribution in [0.2, 0.25) is 18.1 Å². The van der Waals surface area contributed by atoms with E-state index in [1.54, 1.807) is 12.1 Å². The molecule has 2 unspecified atom stereocenters. The Balaban J connectivity index is 1.81. The van der Waals surface area contributed by atoms with Gasteiger partial charge in [0.2, 0.25) is 0 Å². The average Bonchev–Trinajstić information content (AvgIpc) is 2.67. The third kappa shape index (κ3) is 4.74. The van der Waals surface area contributed by atoms with Crippen LogP contribution in [0.25, 0.3) is 10.9 Å². The summed E-state index contributed by atoms with van der Waals surface area (Å²) in [5, 5.41) is 3.88. The second-order valence-corrected chi connectivity index (χ2v) is 13.8. The third-order valence-electron chi connectivity index (χ3n) is 5.98. The standard InChI is InChI=1S/C22H30N2O4Si/c1-22(2,3)29(4,5)28-20-14-27-11-10-18(20)24-21(26)19-12-15(13-25)16-8-6-7-9-17(16)23-19/h6-9,12-13,18,20H,10-11,14H2,1-5H3,(H,24,26). The van der Waals surface area contributed by atoms with E-state index in [1.165, 1.54) is 0 Å². The summed E-state index contributed by atoms with van der Waals surface area (Å²) in [5.74, 6) is -0.297. The maximum absolute atomic E-state index is 13.0. The monoisotopic (exact) mass is 414 g/mol. The first-order chi connectivity index (χ1) is 13.6. The second kappa shape index (κ2) is 8.34. The molecule has 1 amide bonds. The molecule has 3 rings (SSSR count). The first-order valence-corrected chi connectivity index (χ1v) is 12.9. The number of carbonyl (C=O) groups is 2. The number of pyridine rings is 1. The van der Waals surface area contributed by atoms with Gasteiger partial charge in [-0.2, -0.15) is 0 Å². The average molecular weight is 415 g/mol. The summed E-state index contributed by atoms with van der Waals surface area (Å²) in [4.78, 5) is 28.9. The van der Waals surface area contributed by atoms with E-state index in [-0.39, 0.29) is 28.8 Å². The van der Waals surface area contributed by atoms with E-state index in [0.717, 1.165) is 11.7 Å². The van der Waals surface area contributed by atoms with E-state index in [9.17, 15) is 9.59 Å². The molecule has 2 aromatic rings. The lowest BCUT2D eigenvalue weighted by Crippen LogP contribution is -2.55. The summed E-state index contributed by atoms with van der Waals surface area (Å²) >= 11 is 0. The number of rotatable bonds is 5. The zero-order valence-corrected chi connectivity index (χ0v) is 18.8. The van der Waals surface area contributed by atoms with Crippen LogP contribution in [0.3, 0.4) is 0 Å². The number of benzene rings is 1. The quantitative estimate of drug-likeness (QED) is 0.592. The van der Waals surface area contributed by atoms with Crippen molar-refractivity contribution in [2.24, 2.45) is 0 Å². The fraction of sp³-hybridized carbons (Fsp3) is 0.500. The molecule has 1 aliphatic rings. The topological polar surface area (TPSA) is 77.5 Å². The summed E-state index contributed by atoms with van der Waals surface area (Å²) in [6.45, 7) is 12.0. The molecule has 1 N–H and O–H groups in total. The Morgan fingerprint density at radius 3 is 2.72 bits per heavy atom. The minimum Gasteiger partial charge on any atom is -0.409 e. The van der Waals surface area contributed by atoms with Crippen LogP contribution in [0.4, 0.5) is 0 Å². The Bertz CT molecular complexity index is 907. The molecule has 0 bridgehead atoms. The molecule has 7 heteroatoms. The molecular formula is C22H30N2O4Si. The Hall–Kier alpha value is -2.09. The van der Waals surface area contributed by atoms with Gasteiger partial charge in [0.25, 0.3) is 5.91 Å². The SMILES string of the molecule is CC(C)(C)[Si](C)(C)OC1COCCC1NC(=O)c1cc(C=O)c2ccccc2n1. The van der Waals surface area contributed by atoms with Crippen molar-refractivity contribution in [2.75, 3.05) is 13.2 Å². The number of fused-ring (bicyclic) bond motifs is 1. The van der Waals surface area contributed by atoms with Gasteiger partial charge in [0.1, 0.15) is 5.69 Å². The van der Waals surface area contributed by atoms with Crippen LogP contribution in [-0.2, 0) is 9.16 Å². The van der Waals surface area contributed by atoms with Crippen molar-refractivity contribution < 1.29 is 18.8 Å². The normalized spacial score (nSPS) is 20.4. The molecule has 6 nitrogen and oxygen atoms in total.